The molecule has 28 heavy (non-hydrogen) atoms. The summed E-state index contributed by atoms with van der Waals surface area (Å²) in [6.07, 6.45) is 7.32. The molecule has 3 rings (SSSR count). The number of rotatable bonds is 6. The van der Waals surface area contributed by atoms with Gasteiger partial charge in [0.2, 0.25) is 0 Å². The Hall–Kier alpha value is -2.65. The summed E-state index contributed by atoms with van der Waals surface area (Å²) in [4.78, 5) is 25.4. The fourth-order valence-electron chi connectivity index (χ4n) is 3.25. The summed E-state index contributed by atoms with van der Waals surface area (Å²) >= 11 is 0. The first-order valence-corrected chi connectivity index (χ1v) is 10.7. The number of amides is 2. The van der Waals surface area contributed by atoms with Crippen molar-refractivity contribution in [1.82, 2.24) is 15.6 Å². The average molecular weight is 405 g/mol. The fraction of sp³-hybridized carbons (Fsp3) is 0.368. The van der Waals surface area contributed by atoms with E-state index in [-0.39, 0.29) is 11.4 Å². The molecule has 1 aliphatic rings. The molecule has 2 aromatic rings. The van der Waals surface area contributed by atoms with Crippen molar-refractivity contribution in [2.75, 3.05) is 0 Å². The van der Waals surface area contributed by atoms with Gasteiger partial charge in [-0.2, -0.15) is 0 Å². The molecule has 1 heterocycles. The van der Waals surface area contributed by atoms with Gasteiger partial charge in [0.05, 0.1) is 17.7 Å². The average Bonchev–Trinajstić information content (AvgIpc) is 3.25. The highest BCUT2D eigenvalue weighted by molar-refractivity contribution is 7.89. The van der Waals surface area contributed by atoms with Crippen LogP contribution in [0.2, 0.25) is 0 Å². The highest BCUT2D eigenvalue weighted by Crippen LogP contribution is 2.32. The topological polar surface area (TPSA) is 118 Å². The van der Waals surface area contributed by atoms with Gasteiger partial charge in [0.15, 0.2) is 0 Å². The van der Waals surface area contributed by atoms with E-state index in [1.807, 2.05) is 22.4 Å². The Balaban J connectivity index is 1.52. The Morgan fingerprint density at radius 3 is 2.36 bits per heavy atom. The molecule has 9 heteroatoms. The van der Waals surface area contributed by atoms with Crippen molar-refractivity contribution in [3.63, 3.8) is 0 Å². The minimum absolute atomic E-state index is 0.0170. The lowest BCUT2D eigenvalue weighted by molar-refractivity contribution is -0.139. The first kappa shape index (κ1) is 20.1. The fourth-order valence-corrected chi connectivity index (χ4v) is 4.08. The predicted molar refractivity (Wildman–Crippen MR) is 101 cm³/mol. The summed E-state index contributed by atoms with van der Waals surface area (Å²) in [5.41, 5.74) is 3.03. The van der Waals surface area contributed by atoms with E-state index in [4.69, 9.17) is 4.42 Å². The van der Waals surface area contributed by atoms with Crippen LogP contribution in [0.3, 0.4) is 0 Å². The molecule has 0 saturated heterocycles. The summed E-state index contributed by atoms with van der Waals surface area (Å²) in [5, 5.41) is 2.33. The summed E-state index contributed by atoms with van der Waals surface area (Å²) in [6, 6.07) is 9.92. The number of benzene rings is 1. The van der Waals surface area contributed by atoms with Crippen LogP contribution in [0.5, 0.6) is 0 Å². The van der Waals surface area contributed by atoms with Crippen LogP contribution in [0.1, 0.15) is 49.3 Å². The van der Waals surface area contributed by atoms with Crippen molar-refractivity contribution in [3.05, 3.63) is 54.0 Å². The summed E-state index contributed by atoms with van der Waals surface area (Å²) < 4.78 is 29.7. The second-order valence-electron chi connectivity index (χ2n) is 6.73. The van der Waals surface area contributed by atoms with Gasteiger partial charge in [-0.05, 0) is 48.6 Å². The molecule has 8 nitrogen and oxygen atoms in total. The minimum atomic E-state index is -3.97. The summed E-state index contributed by atoms with van der Waals surface area (Å²) in [5.74, 6) is -1.16. The third-order valence-corrected chi connectivity index (χ3v) is 6.04. The molecule has 1 fully saturated rings. The first-order chi connectivity index (χ1) is 13.5. The lowest BCUT2D eigenvalue weighted by Gasteiger charge is -2.22. The molecule has 1 aromatic carbocycles. The number of nitrogens with one attached hydrogen (secondary N) is 3. The lowest BCUT2D eigenvalue weighted by atomic mass is 9.84. The van der Waals surface area contributed by atoms with Gasteiger partial charge in [-0.25, -0.2) is 8.42 Å². The number of carbonyl (C=O) groups excluding carboxylic acids is 2. The maximum Gasteiger partial charge on any atom is 0.324 e. The number of hydrazine groups is 1. The molecule has 0 unspecified atom stereocenters. The van der Waals surface area contributed by atoms with Crippen molar-refractivity contribution in [3.8, 4) is 0 Å². The van der Waals surface area contributed by atoms with Gasteiger partial charge in [0.1, 0.15) is 5.76 Å². The quantitative estimate of drug-likeness (QED) is 0.502. The highest BCUT2D eigenvalue weighted by Gasteiger charge is 2.20. The molecular formula is C19H23N3O5S. The molecule has 1 saturated carbocycles. The smallest absolute Gasteiger partial charge is 0.324 e. The molecule has 3 N–H and O–H groups in total. The van der Waals surface area contributed by atoms with Crippen LogP contribution >= 0.6 is 0 Å². The maximum absolute atomic E-state index is 12.3. The third-order valence-electron chi connectivity index (χ3n) is 4.78. The van der Waals surface area contributed by atoms with Crippen LogP contribution in [-0.2, 0) is 26.2 Å². The number of carbonyl (C=O) groups is 2. The van der Waals surface area contributed by atoms with Crippen LogP contribution in [0.4, 0.5) is 0 Å². The van der Waals surface area contributed by atoms with E-state index >= 15 is 0 Å². The van der Waals surface area contributed by atoms with Gasteiger partial charge in [-0.15, -0.1) is 4.83 Å². The van der Waals surface area contributed by atoms with Gasteiger partial charge < -0.3 is 9.73 Å². The number of hydrogen-bond donors (Lipinski definition) is 3. The van der Waals surface area contributed by atoms with Crippen molar-refractivity contribution in [2.45, 2.75) is 49.5 Å². The number of hydrogen-bond acceptors (Lipinski definition) is 5. The SMILES string of the molecule is O=C(NCc1ccco1)C(=O)NNS(=O)(=O)c1ccc(C2CCCCC2)cc1. The van der Waals surface area contributed by atoms with Gasteiger partial charge in [0, 0.05) is 0 Å². The van der Waals surface area contributed by atoms with Crippen LogP contribution in [0.15, 0.2) is 52.0 Å². The van der Waals surface area contributed by atoms with E-state index in [0.29, 0.717) is 11.7 Å². The van der Waals surface area contributed by atoms with Crippen molar-refractivity contribution in [2.24, 2.45) is 0 Å². The molecular weight excluding hydrogens is 382 g/mol. The van der Waals surface area contributed by atoms with Crippen LogP contribution in [0, 0.1) is 0 Å². The zero-order valence-electron chi connectivity index (χ0n) is 15.3. The third kappa shape index (κ3) is 5.20. The lowest BCUT2D eigenvalue weighted by Crippen LogP contribution is -2.48. The molecule has 2 amide bonds. The van der Waals surface area contributed by atoms with E-state index in [1.165, 1.54) is 37.7 Å². The Kier molecular flexibility index (Phi) is 6.48. The largest absolute Gasteiger partial charge is 0.467 e. The van der Waals surface area contributed by atoms with Crippen molar-refractivity contribution >= 4 is 21.8 Å². The molecule has 1 aromatic heterocycles. The van der Waals surface area contributed by atoms with Crippen molar-refractivity contribution in [1.29, 1.82) is 0 Å². The van der Waals surface area contributed by atoms with Gasteiger partial charge >= 0.3 is 11.8 Å². The van der Waals surface area contributed by atoms with Gasteiger partial charge in [-0.3, -0.25) is 15.0 Å². The van der Waals surface area contributed by atoms with Gasteiger partial charge in [-0.1, -0.05) is 31.4 Å². The second kappa shape index (κ2) is 9.03. The normalized spacial score (nSPS) is 15.1. The second-order valence-corrected chi connectivity index (χ2v) is 8.41. The van der Waals surface area contributed by atoms with Crippen LogP contribution < -0.4 is 15.6 Å². The predicted octanol–water partition coefficient (Wildman–Crippen LogP) is 1.95. The van der Waals surface area contributed by atoms with E-state index in [9.17, 15) is 18.0 Å². The Bertz CT molecular complexity index is 902. The van der Waals surface area contributed by atoms with E-state index in [0.717, 1.165) is 18.4 Å². The summed E-state index contributed by atoms with van der Waals surface area (Å²) in [7, 11) is -3.97. The maximum atomic E-state index is 12.3. The van der Waals surface area contributed by atoms with E-state index in [1.54, 1.807) is 12.1 Å². The zero-order valence-corrected chi connectivity index (χ0v) is 16.1. The first-order valence-electron chi connectivity index (χ1n) is 9.18. The van der Waals surface area contributed by atoms with Crippen LogP contribution in [-0.4, -0.2) is 20.2 Å². The van der Waals surface area contributed by atoms with E-state index in [2.05, 4.69) is 5.32 Å². The van der Waals surface area contributed by atoms with Crippen LogP contribution in [0.25, 0.3) is 0 Å². The molecule has 0 atom stereocenters. The zero-order chi connectivity index (χ0) is 20.0. The van der Waals surface area contributed by atoms with E-state index < -0.39 is 21.8 Å². The highest BCUT2D eigenvalue weighted by atomic mass is 32.2. The summed E-state index contributed by atoms with van der Waals surface area (Å²) in [6.45, 7) is 0.0225. The Morgan fingerprint density at radius 2 is 1.71 bits per heavy atom. The molecule has 150 valence electrons. The monoisotopic (exact) mass is 405 g/mol. The van der Waals surface area contributed by atoms with Crippen molar-refractivity contribution < 1.29 is 22.4 Å². The molecule has 0 bridgehead atoms. The standard InChI is InChI=1S/C19H23N3O5S/c23-18(20-13-16-7-4-12-27-16)19(24)21-22-28(25,26)17-10-8-15(9-11-17)14-5-2-1-3-6-14/h4,7-12,14,22H,1-3,5-6,13H2,(H,20,23)(H,21,24). The number of furan rings is 1. The Morgan fingerprint density at radius 1 is 1.00 bits per heavy atom. The number of sulfonamides is 1. The molecule has 1 aliphatic carbocycles. The minimum Gasteiger partial charge on any atom is -0.467 e. The molecule has 0 radical (unpaired) electrons. The molecule has 0 spiro atoms. The Labute approximate surface area is 163 Å². The van der Waals surface area contributed by atoms with Gasteiger partial charge in [0.25, 0.3) is 10.0 Å². The molecule has 0 aliphatic heterocycles.